The van der Waals surface area contributed by atoms with Crippen LogP contribution in [0.3, 0.4) is 0 Å². The van der Waals surface area contributed by atoms with E-state index < -0.39 is 11.8 Å². The number of carbonyl (C=O) groups is 2. The Morgan fingerprint density at radius 2 is 2.25 bits per heavy atom. The maximum absolute atomic E-state index is 13.1. The van der Waals surface area contributed by atoms with Gasteiger partial charge < -0.3 is 10.0 Å². The number of aliphatic carboxylic acids is 1. The Bertz CT molecular complexity index is 540. The Hall–Kier alpha value is -1.08. The molecule has 0 bridgehead atoms. The van der Waals surface area contributed by atoms with Gasteiger partial charge in [-0.1, -0.05) is 0 Å². The molecule has 7 heteroatoms. The summed E-state index contributed by atoms with van der Waals surface area (Å²) in [6.45, 7) is 0.505. The molecular weight excluding hydrogens is 349 g/mol. The molecule has 0 saturated carbocycles. The molecule has 1 aromatic rings. The number of rotatable bonds is 3. The number of carboxylic acids is 1. The van der Waals surface area contributed by atoms with Crippen molar-refractivity contribution >= 4 is 39.6 Å². The molecule has 2 rings (SSSR count). The van der Waals surface area contributed by atoms with Crippen LogP contribution in [-0.2, 0) is 4.79 Å². The van der Waals surface area contributed by atoms with Crippen molar-refractivity contribution in [2.75, 3.05) is 18.1 Å². The largest absolute Gasteiger partial charge is 0.481 e. The zero-order valence-electron chi connectivity index (χ0n) is 10.5. The molecule has 1 aliphatic heterocycles. The van der Waals surface area contributed by atoms with Gasteiger partial charge in [0.05, 0.1) is 18.0 Å². The van der Waals surface area contributed by atoms with Crippen molar-refractivity contribution in [3.8, 4) is 0 Å². The third-order valence-corrected chi connectivity index (χ3v) is 4.81. The maximum Gasteiger partial charge on any atom is 0.305 e. The summed E-state index contributed by atoms with van der Waals surface area (Å²) in [5.74, 6) is -0.223. The van der Waals surface area contributed by atoms with Crippen molar-refractivity contribution < 1.29 is 19.1 Å². The van der Waals surface area contributed by atoms with Gasteiger partial charge in [0.25, 0.3) is 5.91 Å². The molecule has 1 unspecified atom stereocenters. The fourth-order valence-corrected chi connectivity index (χ4v) is 3.69. The smallest absolute Gasteiger partial charge is 0.305 e. The van der Waals surface area contributed by atoms with Gasteiger partial charge in [0, 0.05) is 22.5 Å². The van der Waals surface area contributed by atoms with Crippen molar-refractivity contribution in [1.29, 1.82) is 0 Å². The molecule has 1 saturated heterocycles. The number of hydrogen-bond donors (Lipinski definition) is 1. The monoisotopic (exact) mass is 361 g/mol. The van der Waals surface area contributed by atoms with Crippen LogP contribution in [0.4, 0.5) is 4.39 Å². The van der Waals surface area contributed by atoms with E-state index in [9.17, 15) is 14.0 Å². The first-order valence-electron chi connectivity index (χ1n) is 6.04. The lowest BCUT2D eigenvalue weighted by Gasteiger charge is -2.34. The average molecular weight is 362 g/mol. The highest BCUT2D eigenvalue weighted by Crippen LogP contribution is 2.25. The standard InChI is InChI=1S/C13H13BrFNO3S/c14-11-5-8(15)1-2-10(11)13(19)16-3-4-20-7-9(16)6-12(17)18/h1-2,5,9H,3-4,6-7H2,(H,17,18). The summed E-state index contributed by atoms with van der Waals surface area (Å²) in [7, 11) is 0. The first-order valence-corrected chi connectivity index (χ1v) is 7.99. The first kappa shape index (κ1) is 15.3. The summed E-state index contributed by atoms with van der Waals surface area (Å²) < 4.78 is 13.4. The van der Waals surface area contributed by atoms with E-state index in [-0.39, 0.29) is 18.4 Å². The molecule has 1 aliphatic rings. The van der Waals surface area contributed by atoms with Gasteiger partial charge in [-0.3, -0.25) is 9.59 Å². The minimum atomic E-state index is -0.923. The highest BCUT2D eigenvalue weighted by Gasteiger charge is 2.30. The quantitative estimate of drug-likeness (QED) is 0.898. The topological polar surface area (TPSA) is 57.6 Å². The van der Waals surface area contributed by atoms with Gasteiger partial charge in [-0.15, -0.1) is 0 Å². The summed E-state index contributed by atoms with van der Waals surface area (Å²) in [5.41, 5.74) is 0.355. The second-order valence-electron chi connectivity index (χ2n) is 4.45. The molecule has 0 radical (unpaired) electrons. The molecule has 1 heterocycles. The molecular formula is C13H13BrFNO3S. The lowest BCUT2D eigenvalue weighted by molar-refractivity contribution is -0.138. The fraction of sp³-hybridized carbons (Fsp3) is 0.385. The van der Waals surface area contributed by atoms with Crippen LogP contribution in [-0.4, -0.2) is 46.0 Å². The number of thioether (sulfide) groups is 1. The Balaban J connectivity index is 2.22. The van der Waals surface area contributed by atoms with Gasteiger partial charge >= 0.3 is 5.97 Å². The van der Waals surface area contributed by atoms with Gasteiger partial charge in [0.15, 0.2) is 0 Å². The molecule has 20 heavy (non-hydrogen) atoms. The molecule has 1 fully saturated rings. The van der Waals surface area contributed by atoms with E-state index in [4.69, 9.17) is 5.11 Å². The van der Waals surface area contributed by atoms with Crippen molar-refractivity contribution in [2.45, 2.75) is 12.5 Å². The highest BCUT2D eigenvalue weighted by molar-refractivity contribution is 9.10. The molecule has 1 N–H and O–H groups in total. The SMILES string of the molecule is O=C(O)CC1CSCCN1C(=O)c1ccc(F)cc1Br. The van der Waals surface area contributed by atoms with Gasteiger partial charge in [-0.25, -0.2) is 4.39 Å². The number of carbonyl (C=O) groups excluding carboxylic acids is 1. The molecule has 108 valence electrons. The zero-order chi connectivity index (χ0) is 14.7. The third kappa shape index (κ3) is 3.52. The van der Waals surface area contributed by atoms with Crippen LogP contribution in [0.2, 0.25) is 0 Å². The summed E-state index contributed by atoms with van der Waals surface area (Å²) >= 11 is 4.82. The van der Waals surface area contributed by atoms with Gasteiger partial charge in [-0.2, -0.15) is 11.8 Å². The summed E-state index contributed by atoms with van der Waals surface area (Å²) in [4.78, 5) is 24.9. The van der Waals surface area contributed by atoms with Crippen molar-refractivity contribution in [3.05, 3.63) is 34.1 Å². The predicted molar refractivity (Wildman–Crippen MR) is 78.5 cm³/mol. The number of nitrogens with zero attached hydrogens (tertiary/aromatic N) is 1. The molecule has 1 atom stereocenters. The van der Waals surface area contributed by atoms with Crippen LogP contribution in [0.15, 0.2) is 22.7 Å². The number of hydrogen-bond acceptors (Lipinski definition) is 3. The molecule has 0 spiro atoms. The number of halogens is 2. The Labute approximate surface area is 128 Å². The van der Waals surface area contributed by atoms with E-state index in [0.29, 0.717) is 22.3 Å². The van der Waals surface area contributed by atoms with E-state index in [0.717, 1.165) is 5.75 Å². The zero-order valence-corrected chi connectivity index (χ0v) is 12.9. The lowest BCUT2D eigenvalue weighted by Crippen LogP contribution is -2.47. The van der Waals surface area contributed by atoms with Gasteiger partial charge in [0.2, 0.25) is 0 Å². The molecule has 0 aliphatic carbocycles. The normalized spacial score (nSPS) is 18.9. The number of benzene rings is 1. The molecule has 1 aromatic carbocycles. The van der Waals surface area contributed by atoms with E-state index in [1.54, 1.807) is 16.7 Å². The average Bonchev–Trinajstić information content (AvgIpc) is 2.38. The first-order chi connectivity index (χ1) is 9.49. The second kappa shape index (κ2) is 6.58. The van der Waals surface area contributed by atoms with Crippen LogP contribution in [0.25, 0.3) is 0 Å². The summed E-state index contributed by atoms with van der Waals surface area (Å²) in [6, 6.07) is 3.55. The molecule has 4 nitrogen and oxygen atoms in total. The predicted octanol–water partition coefficient (Wildman–Crippen LogP) is 2.62. The van der Waals surface area contributed by atoms with Crippen LogP contribution in [0, 0.1) is 5.82 Å². The van der Waals surface area contributed by atoms with Crippen LogP contribution >= 0.6 is 27.7 Å². The minimum absolute atomic E-state index is 0.0719. The number of amides is 1. The molecule has 1 amide bonds. The van der Waals surface area contributed by atoms with Crippen molar-refractivity contribution in [1.82, 2.24) is 4.90 Å². The van der Waals surface area contributed by atoms with Crippen molar-refractivity contribution in [2.24, 2.45) is 0 Å². The minimum Gasteiger partial charge on any atom is -0.481 e. The van der Waals surface area contributed by atoms with Gasteiger partial charge in [-0.05, 0) is 34.1 Å². The van der Waals surface area contributed by atoms with Crippen LogP contribution in [0.5, 0.6) is 0 Å². The lowest BCUT2D eigenvalue weighted by atomic mass is 10.1. The van der Waals surface area contributed by atoms with E-state index in [1.807, 2.05) is 0 Å². The van der Waals surface area contributed by atoms with Crippen molar-refractivity contribution in [3.63, 3.8) is 0 Å². The second-order valence-corrected chi connectivity index (χ2v) is 6.45. The molecule has 0 aromatic heterocycles. The fourth-order valence-electron chi connectivity index (χ4n) is 2.11. The third-order valence-electron chi connectivity index (χ3n) is 3.06. The maximum atomic E-state index is 13.1. The van der Waals surface area contributed by atoms with Crippen LogP contribution in [0.1, 0.15) is 16.8 Å². The van der Waals surface area contributed by atoms with E-state index in [1.165, 1.54) is 18.2 Å². The Kier molecular flexibility index (Phi) is 5.04. The van der Waals surface area contributed by atoms with E-state index >= 15 is 0 Å². The van der Waals surface area contributed by atoms with E-state index in [2.05, 4.69) is 15.9 Å². The summed E-state index contributed by atoms with van der Waals surface area (Å²) in [5, 5.41) is 8.92. The summed E-state index contributed by atoms with van der Waals surface area (Å²) in [6.07, 6.45) is -0.0719. The Morgan fingerprint density at radius 3 is 2.90 bits per heavy atom. The Morgan fingerprint density at radius 1 is 1.50 bits per heavy atom. The van der Waals surface area contributed by atoms with Gasteiger partial charge in [0.1, 0.15) is 5.82 Å². The number of carboxylic acid groups (broad SMARTS) is 1. The van der Waals surface area contributed by atoms with Crippen LogP contribution < -0.4 is 0 Å². The highest BCUT2D eigenvalue weighted by atomic mass is 79.9.